The van der Waals surface area contributed by atoms with E-state index in [2.05, 4.69) is 5.32 Å². The van der Waals surface area contributed by atoms with Gasteiger partial charge in [-0.15, -0.1) is 0 Å². The van der Waals surface area contributed by atoms with E-state index in [1.165, 1.54) is 56.2 Å². The molecule has 230 valence electrons. The molecule has 0 fully saturated rings. The molecule has 1 unspecified atom stereocenters. The molecule has 0 bridgehead atoms. The minimum atomic E-state index is -4.62. The first kappa shape index (κ1) is 33.6. The lowest BCUT2D eigenvalue weighted by molar-refractivity contribution is -0.385. The largest absolute Gasteiger partial charge is 0.495 e. The lowest BCUT2D eigenvalue weighted by Crippen LogP contribution is -2.52. The Kier molecular flexibility index (Phi) is 11.0. The van der Waals surface area contributed by atoms with Crippen molar-refractivity contribution in [1.29, 1.82) is 0 Å². The number of aryl methyl sites for hydroxylation is 1. The molecule has 0 aliphatic heterocycles. The van der Waals surface area contributed by atoms with E-state index in [-0.39, 0.29) is 34.6 Å². The number of carbonyl (C=O) groups is 2. The number of carbonyl (C=O) groups excluding carboxylic acids is 2. The van der Waals surface area contributed by atoms with Crippen LogP contribution in [0.25, 0.3) is 0 Å². The summed E-state index contributed by atoms with van der Waals surface area (Å²) in [5.74, 6) is -1.09. The molecule has 0 radical (unpaired) electrons. The highest BCUT2D eigenvalue weighted by Gasteiger charge is 2.35. The van der Waals surface area contributed by atoms with Crippen molar-refractivity contribution in [2.45, 2.75) is 51.2 Å². The Balaban J connectivity index is 2.16. The third-order valence-corrected chi connectivity index (χ3v) is 8.76. The molecule has 14 heteroatoms. The highest BCUT2D eigenvalue weighted by Crippen LogP contribution is 2.36. The van der Waals surface area contributed by atoms with Crippen molar-refractivity contribution in [1.82, 2.24) is 10.2 Å². The summed E-state index contributed by atoms with van der Waals surface area (Å²) < 4.78 is 34.5. The maximum atomic E-state index is 14.1. The number of nitro groups is 1. The molecule has 1 N–H and O–H groups in total. The van der Waals surface area contributed by atoms with Crippen LogP contribution < -0.4 is 14.4 Å². The molecule has 2 amide bonds. The molecule has 43 heavy (non-hydrogen) atoms. The molecule has 0 aliphatic rings. The summed E-state index contributed by atoms with van der Waals surface area (Å²) in [4.78, 5) is 38.8. The summed E-state index contributed by atoms with van der Waals surface area (Å²) in [5, 5.41) is 15.0. The van der Waals surface area contributed by atoms with Crippen LogP contribution in [0.15, 0.2) is 65.6 Å². The molecule has 3 aromatic carbocycles. The van der Waals surface area contributed by atoms with E-state index in [4.69, 9.17) is 27.9 Å². The number of nitro benzene ring substituents is 1. The van der Waals surface area contributed by atoms with Gasteiger partial charge in [0.15, 0.2) is 0 Å². The van der Waals surface area contributed by atoms with Crippen LogP contribution >= 0.6 is 23.2 Å². The van der Waals surface area contributed by atoms with Crippen molar-refractivity contribution < 1.29 is 27.7 Å². The number of nitrogens with one attached hydrogen (secondary N) is 1. The molecule has 1 atom stereocenters. The van der Waals surface area contributed by atoms with Crippen molar-refractivity contribution in [2.24, 2.45) is 0 Å². The van der Waals surface area contributed by atoms with Crippen LogP contribution in [-0.2, 0) is 26.2 Å². The molecule has 3 aromatic rings. The molecule has 3 rings (SSSR count). The standard InChI is InChI=1S/C29H32Cl2N4O7S/c1-18(2)32-29(37)20(4)33(16-21-7-9-22(30)10-8-21)28(36)17-34(26-14-23(31)11-13-27(26)42-5)43(40,41)24-12-6-19(3)25(15-24)35(38)39/h6-15,18,20H,16-17H2,1-5H3,(H,32,37). The van der Waals surface area contributed by atoms with Crippen molar-refractivity contribution in [2.75, 3.05) is 18.0 Å². The van der Waals surface area contributed by atoms with Crippen molar-refractivity contribution in [3.05, 3.63) is 92.0 Å². The maximum Gasteiger partial charge on any atom is 0.273 e. The van der Waals surface area contributed by atoms with Gasteiger partial charge >= 0.3 is 0 Å². The molecule has 0 saturated carbocycles. The number of amides is 2. The van der Waals surface area contributed by atoms with E-state index in [1.54, 1.807) is 38.1 Å². The lowest BCUT2D eigenvalue weighted by Gasteiger charge is -2.32. The Hall–Kier alpha value is -3.87. The van der Waals surface area contributed by atoms with Gasteiger partial charge in [0, 0.05) is 34.3 Å². The van der Waals surface area contributed by atoms with E-state index in [0.717, 1.165) is 10.4 Å². The van der Waals surface area contributed by atoms with Crippen LogP contribution in [0.5, 0.6) is 5.75 Å². The second-order valence-electron chi connectivity index (χ2n) is 10.0. The van der Waals surface area contributed by atoms with Crippen LogP contribution in [-0.4, -0.2) is 55.8 Å². The SMILES string of the molecule is COc1ccc(Cl)cc1N(CC(=O)N(Cc1ccc(Cl)cc1)C(C)C(=O)NC(C)C)S(=O)(=O)c1ccc(C)c([N+](=O)[O-])c1. The molecule has 0 heterocycles. The number of hydrogen-bond acceptors (Lipinski definition) is 7. The number of halogens is 2. The van der Waals surface area contributed by atoms with Gasteiger partial charge in [-0.3, -0.25) is 24.0 Å². The summed E-state index contributed by atoms with van der Waals surface area (Å²) in [7, 11) is -3.30. The van der Waals surface area contributed by atoms with Crippen LogP contribution in [0.3, 0.4) is 0 Å². The number of methoxy groups -OCH3 is 1. The third-order valence-electron chi connectivity index (χ3n) is 6.52. The van der Waals surface area contributed by atoms with Crippen LogP contribution in [0, 0.1) is 17.0 Å². The zero-order chi connectivity index (χ0) is 32.1. The van der Waals surface area contributed by atoms with Crippen LogP contribution in [0.2, 0.25) is 10.0 Å². The van der Waals surface area contributed by atoms with Gasteiger partial charge in [-0.1, -0.05) is 41.4 Å². The number of ether oxygens (including phenoxy) is 1. The summed E-state index contributed by atoms with van der Waals surface area (Å²) >= 11 is 12.3. The smallest absolute Gasteiger partial charge is 0.273 e. The first-order valence-electron chi connectivity index (χ1n) is 13.1. The molecular formula is C29H32Cl2N4O7S. The van der Waals surface area contributed by atoms with Gasteiger partial charge in [-0.25, -0.2) is 8.42 Å². The van der Waals surface area contributed by atoms with E-state index in [1.807, 2.05) is 0 Å². The predicted molar refractivity (Wildman–Crippen MR) is 165 cm³/mol. The Bertz CT molecular complexity index is 1620. The minimum absolute atomic E-state index is 0.0424. The highest BCUT2D eigenvalue weighted by molar-refractivity contribution is 7.92. The first-order valence-corrected chi connectivity index (χ1v) is 15.3. The number of anilines is 1. The minimum Gasteiger partial charge on any atom is -0.495 e. The normalized spacial score (nSPS) is 12.0. The van der Waals surface area contributed by atoms with Crippen molar-refractivity contribution >= 4 is 56.4 Å². The summed E-state index contributed by atoms with van der Waals surface area (Å²) in [5.41, 5.74) is 0.419. The van der Waals surface area contributed by atoms with Gasteiger partial charge in [-0.2, -0.15) is 0 Å². The number of sulfonamides is 1. The Morgan fingerprint density at radius 1 is 1.00 bits per heavy atom. The maximum absolute atomic E-state index is 14.1. The fourth-order valence-corrected chi connectivity index (χ4v) is 5.95. The van der Waals surface area contributed by atoms with Crippen molar-refractivity contribution in [3.8, 4) is 5.75 Å². The summed E-state index contributed by atoms with van der Waals surface area (Å²) in [6.45, 7) is 5.74. The molecule has 0 aromatic heterocycles. The van der Waals surface area contributed by atoms with Gasteiger partial charge in [-0.05, 0) is 69.7 Å². The fourth-order valence-electron chi connectivity index (χ4n) is 4.22. The van der Waals surface area contributed by atoms with E-state index >= 15 is 0 Å². The van der Waals surface area contributed by atoms with Crippen LogP contribution in [0.1, 0.15) is 31.9 Å². The predicted octanol–water partition coefficient (Wildman–Crippen LogP) is 5.36. The van der Waals surface area contributed by atoms with Gasteiger partial charge in [0.2, 0.25) is 11.8 Å². The number of hydrogen-bond donors (Lipinski definition) is 1. The molecular weight excluding hydrogens is 619 g/mol. The van der Waals surface area contributed by atoms with E-state index in [0.29, 0.717) is 10.6 Å². The Labute approximate surface area is 260 Å². The highest BCUT2D eigenvalue weighted by atomic mass is 35.5. The average molecular weight is 652 g/mol. The zero-order valence-corrected chi connectivity index (χ0v) is 26.5. The van der Waals surface area contributed by atoms with Crippen LogP contribution in [0.4, 0.5) is 11.4 Å². The summed E-state index contributed by atoms with van der Waals surface area (Å²) in [6, 6.07) is 13.1. The third kappa shape index (κ3) is 8.15. The van der Waals surface area contributed by atoms with E-state index in [9.17, 15) is 28.1 Å². The lowest BCUT2D eigenvalue weighted by atomic mass is 10.1. The average Bonchev–Trinajstić information content (AvgIpc) is 2.94. The molecule has 11 nitrogen and oxygen atoms in total. The van der Waals surface area contributed by atoms with Gasteiger partial charge < -0.3 is 15.0 Å². The van der Waals surface area contributed by atoms with E-state index < -0.39 is 49.9 Å². The number of benzene rings is 3. The second-order valence-corrected chi connectivity index (χ2v) is 12.8. The fraction of sp³-hybridized carbons (Fsp3) is 0.310. The van der Waals surface area contributed by atoms with Crippen molar-refractivity contribution in [3.63, 3.8) is 0 Å². The monoisotopic (exact) mass is 650 g/mol. The molecule has 0 aliphatic carbocycles. The Morgan fingerprint density at radius 2 is 1.63 bits per heavy atom. The Morgan fingerprint density at radius 3 is 2.21 bits per heavy atom. The second kappa shape index (κ2) is 14.1. The zero-order valence-electron chi connectivity index (χ0n) is 24.2. The summed E-state index contributed by atoms with van der Waals surface area (Å²) in [6.07, 6.45) is 0. The molecule has 0 spiro atoms. The number of rotatable bonds is 12. The van der Waals surface area contributed by atoms with Gasteiger partial charge in [0.1, 0.15) is 18.3 Å². The number of nitrogens with zero attached hydrogens (tertiary/aromatic N) is 3. The molecule has 0 saturated heterocycles. The first-order chi connectivity index (χ1) is 20.1. The van der Waals surface area contributed by atoms with Gasteiger partial charge in [0.25, 0.3) is 15.7 Å². The quantitative estimate of drug-likeness (QED) is 0.206. The topological polar surface area (TPSA) is 139 Å². The van der Waals surface area contributed by atoms with Gasteiger partial charge in [0.05, 0.1) is 22.6 Å².